The highest BCUT2D eigenvalue weighted by Crippen LogP contribution is 2.41. The van der Waals surface area contributed by atoms with Gasteiger partial charge in [0.15, 0.2) is 0 Å². The van der Waals surface area contributed by atoms with Crippen LogP contribution in [0.3, 0.4) is 0 Å². The van der Waals surface area contributed by atoms with E-state index in [2.05, 4.69) is 75.0 Å². The third kappa shape index (κ3) is 2.06. The fraction of sp³-hybridized carbons (Fsp3) is 0.316. The summed E-state index contributed by atoms with van der Waals surface area (Å²) < 4.78 is 0. The SMILES string of the molecule is Cc1cc(C)c(C)c(C2(C)C=Cc3cnccc3N2C)c1. The fourth-order valence-electron chi connectivity index (χ4n) is 3.28. The first-order valence-electron chi connectivity index (χ1n) is 7.39. The van der Waals surface area contributed by atoms with Gasteiger partial charge in [0.1, 0.15) is 0 Å². The molecule has 2 aromatic rings. The molecule has 0 spiro atoms. The van der Waals surface area contributed by atoms with Crippen LogP contribution in [0.1, 0.15) is 34.7 Å². The summed E-state index contributed by atoms with van der Waals surface area (Å²) in [7, 11) is 2.17. The Morgan fingerprint density at radius 3 is 2.67 bits per heavy atom. The number of aryl methyl sites for hydroxylation is 2. The van der Waals surface area contributed by atoms with Gasteiger partial charge in [-0.25, -0.2) is 0 Å². The molecule has 1 aromatic heterocycles. The minimum absolute atomic E-state index is 0.130. The molecule has 2 nitrogen and oxygen atoms in total. The lowest BCUT2D eigenvalue weighted by molar-refractivity contribution is 0.573. The van der Waals surface area contributed by atoms with Gasteiger partial charge in [0, 0.05) is 30.7 Å². The summed E-state index contributed by atoms with van der Waals surface area (Å²) >= 11 is 0. The third-order valence-electron chi connectivity index (χ3n) is 4.83. The van der Waals surface area contributed by atoms with Crippen molar-refractivity contribution in [1.82, 2.24) is 4.98 Å². The standard InChI is InChI=1S/C19H22N2/c1-13-10-14(2)15(3)17(11-13)19(4)8-6-16-12-20-9-7-18(16)21(19)5/h6-12H,1-5H3. The lowest BCUT2D eigenvalue weighted by Gasteiger charge is -2.43. The van der Waals surface area contributed by atoms with E-state index in [1.54, 1.807) is 0 Å². The lowest BCUT2D eigenvalue weighted by Crippen LogP contribution is -2.42. The summed E-state index contributed by atoms with van der Waals surface area (Å²) in [5.74, 6) is 0. The van der Waals surface area contributed by atoms with E-state index < -0.39 is 0 Å². The Morgan fingerprint density at radius 2 is 1.90 bits per heavy atom. The highest BCUT2D eigenvalue weighted by Gasteiger charge is 2.34. The summed E-state index contributed by atoms with van der Waals surface area (Å²) in [5, 5.41) is 0. The first kappa shape index (κ1) is 13.9. The van der Waals surface area contributed by atoms with Crippen molar-refractivity contribution in [1.29, 1.82) is 0 Å². The van der Waals surface area contributed by atoms with Crippen LogP contribution in [0, 0.1) is 20.8 Å². The van der Waals surface area contributed by atoms with E-state index in [1.165, 1.54) is 33.5 Å². The van der Waals surface area contributed by atoms with Crippen LogP contribution in [0.4, 0.5) is 5.69 Å². The number of likely N-dealkylation sites (N-methyl/N-ethyl adjacent to an activating group) is 1. The molecule has 1 aliphatic heterocycles. The quantitative estimate of drug-likeness (QED) is 0.769. The Kier molecular flexibility index (Phi) is 3.12. The van der Waals surface area contributed by atoms with Gasteiger partial charge in [-0.2, -0.15) is 0 Å². The van der Waals surface area contributed by atoms with Crippen LogP contribution in [0.25, 0.3) is 6.08 Å². The van der Waals surface area contributed by atoms with Crippen molar-refractivity contribution in [2.75, 3.05) is 11.9 Å². The molecule has 1 atom stereocenters. The van der Waals surface area contributed by atoms with Crippen LogP contribution < -0.4 is 4.90 Å². The van der Waals surface area contributed by atoms with E-state index in [0.717, 1.165) is 0 Å². The molecule has 0 saturated heterocycles. The number of hydrogen-bond donors (Lipinski definition) is 0. The van der Waals surface area contributed by atoms with Crippen molar-refractivity contribution >= 4 is 11.8 Å². The minimum Gasteiger partial charge on any atom is -0.361 e. The summed E-state index contributed by atoms with van der Waals surface area (Å²) in [6.07, 6.45) is 8.27. The van der Waals surface area contributed by atoms with Gasteiger partial charge >= 0.3 is 0 Å². The van der Waals surface area contributed by atoms with Crippen LogP contribution in [0.5, 0.6) is 0 Å². The van der Waals surface area contributed by atoms with E-state index in [0.29, 0.717) is 0 Å². The predicted molar refractivity (Wildman–Crippen MR) is 89.7 cm³/mol. The Labute approximate surface area is 127 Å². The number of aromatic nitrogens is 1. The Hall–Kier alpha value is -2.09. The molecule has 0 N–H and O–H groups in total. The molecule has 1 aromatic carbocycles. The molecule has 2 heterocycles. The lowest BCUT2D eigenvalue weighted by atomic mass is 9.81. The van der Waals surface area contributed by atoms with Gasteiger partial charge in [-0.1, -0.05) is 29.8 Å². The molecule has 2 heteroatoms. The maximum atomic E-state index is 4.22. The van der Waals surface area contributed by atoms with Crippen LogP contribution in [0.15, 0.2) is 36.7 Å². The highest BCUT2D eigenvalue weighted by atomic mass is 15.2. The van der Waals surface area contributed by atoms with Crippen LogP contribution in [-0.4, -0.2) is 12.0 Å². The van der Waals surface area contributed by atoms with E-state index in [1.807, 2.05) is 12.4 Å². The number of anilines is 1. The average Bonchev–Trinajstić information content (AvgIpc) is 2.47. The summed E-state index contributed by atoms with van der Waals surface area (Å²) in [4.78, 5) is 6.57. The average molecular weight is 278 g/mol. The first-order valence-corrected chi connectivity index (χ1v) is 7.39. The van der Waals surface area contributed by atoms with Crippen molar-refractivity contribution in [3.63, 3.8) is 0 Å². The maximum Gasteiger partial charge on any atom is 0.0812 e. The number of fused-ring (bicyclic) bond motifs is 1. The van der Waals surface area contributed by atoms with Gasteiger partial charge in [-0.3, -0.25) is 4.98 Å². The van der Waals surface area contributed by atoms with Gasteiger partial charge in [-0.05, 0) is 50.5 Å². The largest absolute Gasteiger partial charge is 0.361 e. The number of benzene rings is 1. The van der Waals surface area contributed by atoms with Gasteiger partial charge in [0.2, 0.25) is 0 Å². The molecule has 0 radical (unpaired) electrons. The van der Waals surface area contributed by atoms with Crippen molar-refractivity contribution in [3.05, 3.63) is 64.5 Å². The number of nitrogens with zero attached hydrogens (tertiary/aromatic N) is 2. The molecule has 1 unspecified atom stereocenters. The van der Waals surface area contributed by atoms with Gasteiger partial charge < -0.3 is 4.90 Å². The second-order valence-corrected chi connectivity index (χ2v) is 6.23. The zero-order valence-electron chi connectivity index (χ0n) is 13.4. The molecular weight excluding hydrogens is 256 g/mol. The first-order chi connectivity index (χ1) is 9.93. The minimum atomic E-state index is -0.130. The topological polar surface area (TPSA) is 16.1 Å². The van der Waals surface area contributed by atoms with E-state index >= 15 is 0 Å². The monoisotopic (exact) mass is 278 g/mol. The molecule has 0 bridgehead atoms. The predicted octanol–water partition coefficient (Wildman–Crippen LogP) is 4.39. The van der Waals surface area contributed by atoms with Gasteiger partial charge in [-0.15, -0.1) is 0 Å². The molecule has 3 rings (SSSR count). The third-order valence-corrected chi connectivity index (χ3v) is 4.83. The molecule has 108 valence electrons. The summed E-state index contributed by atoms with van der Waals surface area (Å²) in [6, 6.07) is 6.66. The second-order valence-electron chi connectivity index (χ2n) is 6.23. The molecule has 21 heavy (non-hydrogen) atoms. The van der Waals surface area contributed by atoms with E-state index in [4.69, 9.17) is 0 Å². The Bertz CT molecular complexity index is 730. The zero-order valence-corrected chi connectivity index (χ0v) is 13.4. The molecule has 0 aliphatic carbocycles. The summed E-state index contributed by atoms with van der Waals surface area (Å²) in [6.45, 7) is 8.87. The van der Waals surface area contributed by atoms with Gasteiger partial charge in [0.25, 0.3) is 0 Å². The van der Waals surface area contributed by atoms with Crippen molar-refractivity contribution in [2.45, 2.75) is 33.2 Å². The number of rotatable bonds is 1. The highest BCUT2D eigenvalue weighted by molar-refractivity contribution is 5.74. The number of pyridine rings is 1. The van der Waals surface area contributed by atoms with Crippen molar-refractivity contribution in [2.24, 2.45) is 0 Å². The molecule has 0 saturated carbocycles. The zero-order chi connectivity index (χ0) is 15.2. The van der Waals surface area contributed by atoms with Crippen LogP contribution in [0.2, 0.25) is 0 Å². The van der Waals surface area contributed by atoms with Crippen LogP contribution >= 0.6 is 0 Å². The normalized spacial score (nSPS) is 20.5. The van der Waals surface area contributed by atoms with Crippen molar-refractivity contribution < 1.29 is 0 Å². The Balaban J connectivity index is 2.20. The van der Waals surface area contributed by atoms with Crippen LogP contribution in [-0.2, 0) is 5.54 Å². The molecule has 1 aliphatic rings. The maximum absolute atomic E-state index is 4.22. The number of hydrogen-bond acceptors (Lipinski definition) is 2. The van der Waals surface area contributed by atoms with E-state index in [9.17, 15) is 0 Å². The van der Waals surface area contributed by atoms with Gasteiger partial charge in [0.05, 0.1) is 5.54 Å². The molecule has 0 fully saturated rings. The smallest absolute Gasteiger partial charge is 0.0812 e. The second kappa shape index (κ2) is 4.73. The summed E-state index contributed by atoms with van der Waals surface area (Å²) in [5.41, 5.74) is 7.70. The van der Waals surface area contributed by atoms with Crippen molar-refractivity contribution in [3.8, 4) is 0 Å². The fourth-order valence-corrected chi connectivity index (χ4v) is 3.28. The Morgan fingerprint density at radius 1 is 1.14 bits per heavy atom. The molecular formula is C19H22N2. The van der Waals surface area contributed by atoms with E-state index in [-0.39, 0.29) is 5.54 Å². The molecule has 0 amide bonds.